The van der Waals surface area contributed by atoms with Gasteiger partial charge >= 0.3 is 0 Å². The second-order valence-corrected chi connectivity index (χ2v) is 4.45. The molecule has 0 amide bonds. The lowest BCUT2D eigenvalue weighted by Crippen LogP contribution is -2.18. The van der Waals surface area contributed by atoms with Crippen LogP contribution in [0.4, 0.5) is 5.69 Å². The summed E-state index contributed by atoms with van der Waals surface area (Å²) in [7, 11) is 0. The number of anilines is 1. The molecule has 0 fully saturated rings. The van der Waals surface area contributed by atoms with Crippen LogP contribution in [-0.4, -0.2) is 6.04 Å². The summed E-state index contributed by atoms with van der Waals surface area (Å²) in [6, 6.07) is 10.3. The molecule has 0 aliphatic rings. The van der Waals surface area contributed by atoms with E-state index < -0.39 is 0 Å². The Hall–Kier alpha value is -1.49. The highest BCUT2D eigenvalue weighted by Gasteiger charge is 2.08. The second kappa shape index (κ2) is 6.17. The van der Waals surface area contributed by atoms with Gasteiger partial charge in [-0.05, 0) is 31.4 Å². The Morgan fingerprint density at radius 2 is 2.00 bits per heavy atom. The van der Waals surface area contributed by atoms with Gasteiger partial charge in [-0.2, -0.15) is 5.26 Å². The molecule has 0 aliphatic heterocycles. The van der Waals surface area contributed by atoms with Crippen molar-refractivity contribution in [3.63, 3.8) is 0 Å². The van der Waals surface area contributed by atoms with E-state index in [4.69, 9.17) is 5.26 Å². The minimum Gasteiger partial charge on any atom is -0.382 e. The molecule has 0 spiro atoms. The molecule has 16 heavy (non-hydrogen) atoms. The Labute approximate surface area is 98.3 Å². The van der Waals surface area contributed by atoms with Crippen molar-refractivity contribution >= 4 is 5.69 Å². The van der Waals surface area contributed by atoms with Gasteiger partial charge in [0.05, 0.1) is 11.3 Å². The van der Waals surface area contributed by atoms with Crippen molar-refractivity contribution in [1.29, 1.82) is 5.26 Å². The SMILES string of the molecule is CCC(C)CC(C)Nc1ccccc1C#N. The van der Waals surface area contributed by atoms with Crippen molar-refractivity contribution in [2.45, 2.75) is 39.7 Å². The molecule has 0 saturated carbocycles. The zero-order chi connectivity index (χ0) is 12.0. The molecule has 0 radical (unpaired) electrons. The minimum atomic E-state index is 0.407. The summed E-state index contributed by atoms with van der Waals surface area (Å²) in [6.07, 6.45) is 2.34. The Bertz CT molecular complexity index is 365. The molecule has 1 N–H and O–H groups in total. The number of benzene rings is 1. The Morgan fingerprint density at radius 1 is 1.31 bits per heavy atom. The van der Waals surface area contributed by atoms with E-state index in [1.54, 1.807) is 0 Å². The van der Waals surface area contributed by atoms with Crippen LogP contribution < -0.4 is 5.32 Å². The van der Waals surface area contributed by atoms with Crippen molar-refractivity contribution in [2.75, 3.05) is 5.32 Å². The highest BCUT2D eigenvalue weighted by Crippen LogP contribution is 2.18. The maximum atomic E-state index is 8.97. The molecule has 0 bridgehead atoms. The molecule has 0 aliphatic carbocycles. The first-order chi connectivity index (χ1) is 7.67. The Kier molecular flexibility index (Phi) is 4.85. The van der Waals surface area contributed by atoms with E-state index in [1.807, 2.05) is 24.3 Å². The predicted octanol–water partition coefficient (Wildman–Crippen LogP) is 3.79. The number of hydrogen-bond acceptors (Lipinski definition) is 2. The molecule has 1 rings (SSSR count). The number of nitrogens with zero attached hydrogens (tertiary/aromatic N) is 1. The lowest BCUT2D eigenvalue weighted by atomic mass is 10.00. The van der Waals surface area contributed by atoms with Gasteiger partial charge in [-0.3, -0.25) is 0 Å². The van der Waals surface area contributed by atoms with Gasteiger partial charge in [0.1, 0.15) is 6.07 Å². The fourth-order valence-electron chi connectivity index (χ4n) is 1.80. The highest BCUT2D eigenvalue weighted by molar-refractivity contribution is 5.57. The summed E-state index contributed by atoms with van der Waals surface area (Å²) in [5, 5.41) is 12.4. The molecule has 1 aromatic carbocycles. The van der Waals surface area contributed by atoms with Gasteiger partial charge in [0.25, 0.3) is 0 Å². The average molecular weight is 216 g/mol. The summed E-state index contributed by atoms with van der Waals surface area (Å²) >= 11 is 0. The standard InChI is InChI=1S/C14H20N2/c1-4-11(2)9-12(3)16-14-8-6-5-7-13(14)10-15/h5-8,11-12,16H,4,9H2,1-3H3. The quantitative estimate of drug-likeness (QED) is 0.812. The first kappa shape index (κ1) is 12.6. The summed E-state index contributed by atoms with van der Waals surface area (Å²) in [5.41, 5.74) is 1.67. The molecular weight excluding hydrogens is 196 g/mol. The van der Waals surface area contributed by atoms with E-state index in [0.29, 0.717) is 6.04 Å². The second-order valence-electron chi connectivity index (χ2n) is 4.45. The largest absolute Gasteiger partial charge is 0.382 e. The van der Waals surface area contributed by atoms with E-state index in [0.717, 1.165) is 23.6 Å². The van der Waals surface area contributed by atoms with Crippen molar-refractivity contribution in [3.8, 4) is 6.07 Å². The maximum absolute atomic E-state index is 8.97. The smallest absolute Gasteiger partial charge is 0.101 e. The summed E-state index contributed by atoms with van der Waals surface area (Å²) < 4.78 is 0. The molecule has 1 aromatic rings. The van der Waals surface area contributed by atoms with Crippen LogP contribution in [-0.2, 0) is 0 Å². The van der Waals surface area contributed by atoms with Crippen LogP contribution in [0.2, 0.25) is 0 Å². The van der Waals surface area contributed by atoms with Crippen LogP contribution in [0.3, 0.4) is 0 Å². The minimum absolute atomic E-state index is 0.407. The number of para-hydroxylation sites is 1. The first-order valence-corrected chi connectivity index (χ1v) is 5.93. The van der Waals surface area contributed by atoms with Gasteiger partial charge in [-0.25, -0.2) is 0 Å². The Morgan fingerprint density at radius 3 is 2.62 bits per heavy atom. The summed E-state index contributed by atoms with van der Waals surface area (Å²) in [6.45, 7) is 6.63. The predicted molar refractivity (Wildman–Crippen MR) is 68.3 cm³/mol. The number of nitrogens with one attached hydrogen (secondary N) is 1. The zero-order valence-corrected chi connectivity index (χ0v) is 10.3. The third-order valence-electron chi connectivity index (χ3n) is 2.90. The van der Waals surface area contributed by atoms with Crippen LogP contribution in [0.5, 0.6) is 0 Å². The number of rotatable bonds is 5. The lowest BCUT2D eigenvalue weighted by Gasteiger charge is -2.19. The molecule has 2 unspecified atom stereocenters. The fraction of sp³-hybridized carbons (Fsp3) is 0.500. The monoisotopic (exact) mass is 216 g/mol. The van der Waals surface area contributed by atoms with Gasteiger partial charge in [-0.1, -0.05) is 32.4 Å². The molecule has 0 saturated heterocycles. The zero-order valence-electron chi connectivity index (χ0n) is 10.3. The van der Waals surface area contributed by atoms with E-state index in [1.165, 1.54) is 6.42 Å². The highest BCUT2D eigenvalue weighted by atomic mass is 14.9. The first-order valence-electron chi connectivity index (χ1n) is 5.93. The third-order valence-corrected chi connectivity index (χ3v) is 2.90. The third kappa shape index (κ3) is 3.58. The maximum Gasteiger partial charge on any atom is 0.101 e. The van der Waals surface area contributed by atoms with Crippen molar-refractivity contribution in [2.24, 2.45) is 5.92 Å². The van der Waals surface area contributed by atoms with Gasteiger partial charge in [0, 0.05) is 6.04 Å². The summed E-state index contributed by atoms with van der Waals surface area (Å²) in [5.74, 6) is 0.719. The molecular formula is C14H20N2. The lowest BCUT2D eigenvalue weighted by molar-refractivity contribution is 0.484. The van der Waals surface area contributed by atoms with Crippen molar-refractivity contribution in [1.82, 2.24) is 0 Å². The van der Waals surface area contributed by atoms with E-state index in [9.17, 15) is 0 Å². The van der Waals surface area contributed by atoms with Crippen molar-refractivity contribution in [3.05, 3.63) is 29.8 Å². The number of nitriles is 1. The van der Waals surface area contributed by atoms with Gasteiger partial charge in [0.15, 0.2) is 0 Å². The molecule has 2 atom stereocenters. The van der Waals surface area contributed by atoms with Crippen LogP contribution in [0.25, 0.3) is 0 Å². The normalized spacial score (nSPS) is 13.9. The molecule has 2 nitrogen and oxygen atoms in total. The van der Waals surface area contributed by atoms with E-state index in [-0.39, 0.29) is 0 Å². The molecule has 0 aromatic heterocycles. The van der Waals surface area contributed by atoms with E-state index >= 15 is 0 Å². The van der Waals surface area contributed by atoms with E-state index in [2.05, 4.69) is 32.2 Å². The van der Waals surface area contributed by atoms with Crippen LogP contribution in [0, 0.1) is 17.2 Å². The fourth-order valence-corrected chi connectivity index (χ4v) is 1.80. The van der Waals surface area contributed by atoms with Gasteiger partial charge in [-0.15, -0.1) is 0 Å². The Balaban J connectivity index is 2.63. The van der Waals surface area contributed by atoms with Crippen LogP contribution in [0.15, 0.2) is 24.3 Å². The van der Waals surface area contributed by atoms with Crippen molar-refractivity contribution < 1.29 is 0 Å². The van der Waals surface area contributed by atoms with Gasteiger partial charge in [0.2, 0.25) is 0 Å². The topological polar surface area (TPSA) is 35.8 Å². The number of hydrogen-bond donors (Lipinski definition) is 1. The molecule has 2 heteroatoms. The van der Waals surface area contributed by atoms with Gasteiger partial charge < -0.3 is 5.32 Å². The average Bonchev–Trinajstić information content (AvgIpc) is 2.29. The van der Waals surface area contributed by atoms with Crippen LogP contribution >= 0.6 is 0 Å². The van der Waals surface area contributed by atoms with Crippen LogP contribution in [0.1, 0.15) is 39.2 Å². The summed E-state index contributed by atoms with van der Waals surface area (Å²) in [4.78, 5) is 0. The molecule has 86 valence electrons. The molecule has 0 heterocycles.